The molecule has 0 bridgehead atoms. The highest BCUT2D eigenvalue weighted by Gasteiger charge is 2.38. The van der Waals surface area contributed by atoms with Gasteiger partial charge in [-0.15, -0.1) is 12.4 Å². The fourth-order valence-corrected chi connectivity index (χ4v) is 9.53. The maximum absolute atomic E-state index is 13.9. The summed E-state index contributed by atoms with van der Waals surface area (Å²) in [5.74, 6) is -1.73. The van der Waals surface area contributed by atoms with Gasteiger partial charge in [-0.3, -0.25) is 32.9 Å². The normalized spacial score (nSPS) is 14.4. The number of hydrogen-bond donors (Lipinski definition) is 5. The molecule has 0 aliphatic carbocycles. The maximum atomic E-state index is 13.9. The number of benzene rings is 4. The monoisotopic (exact) mass is 1170 g/mol. The Labute approximate surface area is 490 Å². The second-order valence-corrected chi connectivity index (χ2v) is 21.7. The van der Waals surface area contributed by atoms with Crippen LogP contribution in [0.25, 0.3) is 33.9 Å². The van der Waals surface area contributed by atoms with Crippen molar-refractivity contribution in [3.63, 3.8) is 0 Å². The van der Waals surface area contributed by atoms with Gasteiger partial charge in [0.1, 0.15) is 41.0 Å². The SMILES string of the molecule is CC1Cn2c(c(C(=O)NCc3ccccc3-c3ccncn3)n(-c3ccc(O)cc3)c2=O)CN1C(=O)OC(C)(C)C.CC1Cn2c(c(C(=O)O)n(-c3ccc(O)cc3)c2=O)CN1C(=O)OC(C)(C)C.Cl.NCc1ccccc1-c1ccncn1. The molecule has 10 rings (SSSR count). The minimum Gasteiger partial charge on any atom is -0.508 e. The van der Waals surface area contributed by atoms with E-state index in [1.165, 1.54) is 66.2 Å². The lowest BCUT2D eigenvalue weighted by molar-refractivity contribution is 0.00852. The maximum Gasteiger partial charge on any atom is 0.410 e. The number of phenolic OH excluding ortho intramolecular Hbond substituents is 2. The molecular weight excluding hydrogens is 1100 g/mol. The van der Waals surface area contributed by atoms with Crippen LogP contribution in [0.3, 0.4) is 0 Å². The van der Waals surface area contributed by atoms with Gasteiger partial charge in [0.05, 0.1) is 59.3 Å². The van der Waals surface area contributed by atoms with Crippen molar-refractivity contribution in [1.82, 2.24) is 53.3 Å². The number of ether oxygens (including phenoxy) is 2. The summed E-state index contributed by atoms with van der Waals surface area (Å²) < 4.78 is 16.3. The minimum atomic E-state index is -1.28. The van der Waals surface area contributed by atoms with Crippen LogP contribution in [-0.4, -0.2) is 111 Å². The standard InChI is InChI=1S/C30H32N6O5.C19H23N3O6.C11H11N3.ClH/c1-19-16-35-25(17-34(19)29(40)41-30(2,3)4)26(36(28(35)39)21-9-11-22(37)12-10-21)27(38)32-15-20-7-5-6-8-23(20)24-13-14-31-18-33-24;1-11-9-21-14(10-20(11)18(27)28-19(2,3)4)15(16(24)25)22(17(21)26)12-5-7-13(23)8-6-12;12-7-9-3-1-2-4-10(9)11-5-6-13-8-14-11;/h5-14,18-19,37H,15-17H2,1-4H3,(H,32,38);5-8,11,23H,9-10H2,1-4H3,(H,24,25);1-6,8H,7,12H2;1H. The van der Waals surface area contributed by atoms with E-state index in [1.54, 1.807) is 85.4 Å². The molecule has 0 fully saturated rings. The molecule has 4 aromatic carbocycles. The highest BCUT2D eigenvalue weighted by molar-refractivity contribution is 5.95. The van der Waals surface area contributed by atoms with Gasteiger partial charge in [0.15, 0.2) is 5.69 Å². The summed E-state index contributed by atoms with van der Waals surface area (Å²) in [4.78, 5) is 97.5. The molecule has 6 heterocycles. The van der Waals surface area contributed by atoms with E-state index in [9.17, 15) is 44.1 Å². The molecule has 2 unspecified atom stereocenters. The molecule has 440 valence electrons. The van der Waals surface area contributed by atoms with Gasteiger partial charge in [0.2, 0.25) is 0 Å². The van der Waals surface area contributed by atoms with Crippen molar-refractivity contribution in [2.45, 2.75) is 118 Å². The van der Waals surface area contributed by atoms with E-state index < -0.39 is 46.6 Å². The molecule has 84 heavy (non-hydrogen) atoms. The summed E-state index contributed by atoms with van der Waals surface area (Å²) >= 11 is 0. The van der Waals surface area contributed by atoms with Crippen molar-refractivity contribution < 1.29 is 44.0 Å². The Morgan fingerprint density at radius 3 is 1.42 bits per heavy atom. The minimum absolute atomic E-state index is 0. The van der Waals surface area contributed by atoms with Gasteiger partial charge in [-0.05, 0) is 127 Å². The number of carbonyl (C=O) groups is 4. The predicted molar refractivity (Wildman–Crippen MR) is 314 cm³/mol. The van der Waals surface area contributed by atoms with Crippen LogP contribution in [-0.2, 0) is 48.7 Å². The van der Waals surface area contributed by atoms with Crippen molar-refractivity contribution in [3.05, 3.63) is 189 Å². The Morgan fingerprint density at radius 2 is 1.01 bits per heavy atom. The molecule has 6 N–H and O–H groups in total. The van der Waals surface area contributed by atoms with E-state index in [-0.39, 0.29) is 85.8 Å². The Bertz CT molecular complexity index is 3760. The van der Waals surface area contributed by atoms with Gasteiger partial charge in [-0.2, -0.15) is 0 Å². The van der Waals surface area contributed by atoms with E-state index in [0.717, 1.165) is 32.5 Å². The van der Waals surface area contributed by atoms with Crippen LogP contribution in [0.4, 0.5) is 9.59 Å². The number of nitrogens with one attached hydrogen (secondary N) is 1. The average molecular weight is 1170 g/mol. The lowest BCUT2D eigenvalue weighted by atomic mass is 10.0. The first-order valence-electron chi connectivity index (χ1n) is 26.6. The van der Waals surface area contributed by atoms with Crippen LogP contribution in [0.1, 0.15) is 98.9 Å². The van der Waals surface area contributed by atoms with Gasteiger partial charge in [-0.1, -0.05) is 48.5 Å². The van der Waals surface area contributed by atoms with Gasteiger partial charge >= 0.3 is 29.5 Å². The van der Waals surface area contributed by atoms with Crippen molar-refractivity contribution in [2.75, 3.05) is 0 Å². The van der Waals surface area contributed by atoms with Crippen LogP contribution in [0, 0.1) is 0 Å². The van der Waals surface area contributed by atoms with Crippen LogP contribution in [0.5, 0.6) is 11.5 Å². The van der Waals surface area contributed by atoms with E-state index in [2.05, 4.69) is 25.3 Å². The molecule has 0 spiro atoms. The first-order chi connectivity index (χ1) is 39.4. The fraction of sp³-hybridized carbons (Fsp3) is 0.300. The van der Waals surface area contributed by atoms with Gasteiger partial charge in [-0.25, -0.2) is 43.9 Å². The fourth-order valence-electron chi connectivity index (χ4n) is 9.53. The summed E-state index contributed by atoms with van der Waals surface area (Å²) in [5, 5.41) is 32.0. The summed E-state index contributed by atoms with van der Waals surface area (Å²) in [6, 6.07) is 30.3. The third-order valence-corrected chi connectivity index (χ3v) is 13.4. The second kappa shape index (κ2) is 26.1. The smallest absolute Gasteiger partial charge is 0.410 e. The number of hydrogen-bond acceptors (Lipinski definition) is 15. The molecule has 23 nitrogen and oxygen atoms in total. The lowest BCUT2D eigenvalue weighted by Gasteiger charge is -2.35. The zero-order valence-corrected chi connectivity index (χ0v) is 48.5. The molecule has 8 aromatic rings. The first kappa shape index (κ1) is 62.0. The van der Waals surface area contributed by atoms with E-state index in [4.69, 9.17) is 15.2 Å². The number of carboxylic acid groups (broad SMARTS) is 1. The number of rotatable bonds is 9. The Hall–Kier alpha value is -9.61. The largest absolute Gasteiger partial charge is 0.508 e. The molecule has 24 heteroatoms. The van der Waals surface area contributed by atoms with Crippen LogP contribution < -0.4 is 22.4 Å². The molecule has 2 atom stereocenters. The number of nitrogens with two attached hydrogens (primary N) is 1. The van der Waals surface area contributed by atoms with E-state index in [0.29, 0.717) is 29.3 Å². The number of aromatic carboxylic acids is 1. The molecule has 4 aromatic heterocycles. The summed E-state index contributed by atoms with van der Waals surface area (Å²) in [6.45, 7) is 15.2. The highest BCUT2D eigenvalue weighted by atomic mass is 35.5. The number of phenols is 2. The Kier molecular flexibility index (Phi) is 19.3. The molecule has 0 saturated heterocycles. The topological polar surface area (TPSA) is 297 Å². The highest BCUT2D eigenvalue weighted by Crippen LogP contribution is 2.29. The Morgan fingerprint density at radius 1 is 0.607 bits per heavy atom. The molecular formula is C60H67ClN12O11. The number of nitrogens with zero attached hydrogens (tertiary/aromatic N) is 10. The molecule has 2 aliphatic heterocycles. The van der Waals surface area contributed by atoms with Crippen molar-refractivity contribution in [3.8, 4) is 45.4 Å². The third-order valence-electron chi connectivity index (χ3n) is 13.4. The van der Waals surface area contributed by atoms with Crippen LogP contribution >= 0.6 is 12.4 Å². The predicted octanol–water partition coefficient (Wildman–Crippen LogP) is 8.08. The summed E-state index contributed by atoms with van der Waals surface area (Å²) in [6.07, 6.45) is 5.31. The second-order valence-electron chi connectivity index (χ2n) is 21.7. The number of aromatic hydroxyl groups is 2. The lowest BCUT2D eigenvalue weighted by Crippen LogP contribution is -2.48. The van der Waals surface area contributed by atoms with Crippen molar-refractivity contribution in [1.29, 1.82) is 0 Å². The zero-order chi connectivity index (χ0) is 59.9. The number of fused-ring (bicyclic) bond motifs is 2. The number of imidazole rings is 2. The third kappa shape index (κ3) is 14.2. The average Bonchev–Trinajstić information content (AvgIpc) is 2.00. The van der Waals surface area contributed by atoms with E-state index in [1.807, 2.05) is 61.5 Å². The first-order valence-corrected chi connectivity index (χ1v) is 26.6. The number of halogens is 1. The summed E-state index contributed by atoms with van der Waals surface area (Å²) in [7, 11) is 0. The number of aromatic nitrogens is 8. The number of carboxylic acids is 1. The Balaban J connectivity index is 0.000000202. The van der Waals surface area contributed by atoms with Crippen LogP contribution in [0.2, 0.25) is 0 Å². The van der Waals surface area contributed by atoms with Gasteiger partial charge in [0.25, 0.3) is 5.91 Å². The summed E-state index contributed by atoms with van der Waals surface area (Å²) in [5.41, 5.74) is 10.1. The van der Waals surface area contributed by atoms with Crippen molar-refractivity contribution in [2.24, 2.45) is 5.73 Å². The van der Waals surface area contributed by atoms with E-state index >= 15 is 0 Å². The van der Waals surface area contributed by atoms with Crippen LogP contribution in [0.15, 0.2) is 144 Å². The zero-order valence-electron chi connectivity index (χ0n) is 47.7. The molecule has 2 aliphatic rings. The number of carbonyl (C=O) groups excluding carboxylic acids is 3. The number of amides is 3. The molecule has 0 saturated carbocycles. The molecule has 3 amide bonds. The van der Waals surface area contributed by atoms with Crippen molar-refractivity contribution >= 4 is 36.5 Å². The quantitative estimate of drug-likeness (QED) is 0.0912. The van der Waals surface area contributed by atoms with Gasteiger partial charge in [0, 0.05) is 49.7 Å². The van der Waals surface area contributed by atoms with Gasteiger partial charge < -0.3 is 35.8 Å². The molecule has 0 radical (unpaired) electrons.